The molecular formula is C9H17O6P. The van der Waals surface area contributed by atoms with Gasteiger partial charge in [0.2, 0.25) is 0 Å². The Morgan fingerprint density at radius 2 is 1.69 bits per heavy atom. The lowest BCUT2D eigenvalue weighted by Crippen LogP contribution is -2.11. The van der Waals surface area contributed by atoms with Crippen LogP contribution in [0.5, 0.6) is 0 Å². The summed E-state index contributed by atoms with van der Waals surface area (Å²) in [7, 11) is -3.78. The van der Waals surface area contributed by atoms with Crippen molar-refractivity contribution in [3.05, 3.63) is 11.6 Å². The van der Waals surface area contributed by atoms with Gasteiger partial charge in [0.05, 0.1) is 19.8 Å². The molecule has 0 aromatic rings. The number of carbonyl (C=O) groups excluding carboxylic acids is 1. The summed E-state index contributed by atoms with van der Waals surface area (Å²) in [6.07, 6.45) is 0.407. The van der Waals surface area contributed by atoms with Crippen LogP contribution >= 0.6 is 7.60 Å². The maximum atomic E-state index is 12.1. The molecule has 16 heavy (non-hydrogen) atoms. The summed E-state index contributed by atoms with van der Waals surface area (Å²) in [4.78, 5) is 11.4. The SMILES string of the molecule is CCOC(=O)/C(=C/O)P(=O)(OCC)OCC. The van der Waals surface area contributed by atoms with E-state index in [0.29, 0.717) is 6.26 Å². The van der Waals surface area contributed by atoms with E-state index in [1.165, 1.54) is 0 Å². The molecule has 0 heterocycles. The molecule has 0 saturated heterocycles. The molecule has 0 aliphatic heterocycles. The zero-order valence-electron chi connectivity index (χ0n) is 9.63. The van der Waals surface area contributed by atoms with Crippen LogP contribution in [0, 0.1) is 0 Å². The van der Waals surface area contributed by atoms with E-state index in [4.69, 9.17) is 14.2 Å². The first-order valence-electron chi connectivity index (χ1n) is 4.96. The second kappa shape index (κ2) is 7.44. The lowest BCUT2D eigenvalue weighted by molar-refractivity contribution is -0.138. The van der Waals surface area contributed by atoms with Gasteiger partial charge in [0.25, 0.3) is 0 Å². The van der Waals surface area contributed by atoms with Gasteiger partial charge in [-0.1, -0.05) is 0 Å². The fourth-order valence-electron chi connectivity index (χ4n) is 0.957. The molecule has 1 N–H and O–H groups in total. The molecular weight excluding hydrogens is 235 g/mol. The molecule has 0 aliphatic carbocycles. The minimum Gasteiger partial charge on any atom is -0.514 e. The number of hydrogen-bond donors (Lipinski definition) is 1. The molecule has 0 atom stereocenters. The number of rotatable bonds is 7. The first kappa shape index (κ1) is 15.2. The lowest BCUT2D eigenvalue weighted by atomic mass is 10.6. The van der Waals surface area contributed by atoms with Gasteiger partial charge < -0.3 is 18.9 Å². The van der Waals surface area contributed by atoms with E-state index < -0.39 is 18.9 Å². The van der Waals surface area contributed by atoms with Crippen LogP contribution in [0.3, 0.4) is 0 Å². The Labute approximate surface area is 94.7 Å². The Morgan fingerprint density at radius 3 is 2.00 bits per heavy atom. The van der Waals surface area contributed by atoms with Crippen LogP contribution in [0.2, 0.25) is 0 Å². The standard InChI is InChI=1S/C9H17O6P/c1-4-13-9(11)8(7-10)16(12,14-5-2)15-6-3/h7,10H,4-6H2,1-3H3/b8-7-. The average molecular weight is 252 g/mol. The maximum absolute atomic E-state index is 12.1. The van der Waals surface area contributed by atoms with E-state index >= 15 is 0 Å². The molecule has 6 nitrogen and oxygen atoms in total. The second-order valence-corrected chi connectivity index (χ2v) is 4.56. The number of hydrogen-bond acceptors (Lipinski definition) is 6. The molecule has 0 amide bonds. The van der Waals surface area contributed by atoms with E-state index in [-0.39, 0.29) is 19.8 Å². The minimum atomic E-state index is -3.78. The van der Waals surface area contributed by atoms with Crippen LogP contribution in [-0.4, -0.2) is 30.9 Å². The van der Waals surface area contributed by atoms with Crippen molar-refractivity contribution in [2.24, 2.45) is 0 Å². The lowest BCUT2D eigenvalue weighted by Gasteiger charge is -2.17. The van der Waals surface area contributed by atoms with E-state index in [1.807, 2.05) is 0 Å². The molecule has 0 saturated carbocycles. The zero-order valence-corrected chi connectivity index (χ0v) is 10.5. The maximum Gasteiger partial charge on any atom is 0.371 e. The third kappa shape index (κ3) is 3.96. The van der Waals surface area contributed by atoms with Gasteiger partial charge >= 0.3 is 13.6 Å². The normalized spacial score (nSPS) is 12.6. The molecule has 0 rings (SSSR count). The fraction of sp³-hybridized carbons (Fsp3) is 0.667. The van der Waals surface area contributed by atoms with E-state index in [9.17, 15) is 9.36 Å². The smallest absolute Gasteiger partial charge is 0.371 e. The zero-order chi connectivity index (χ0) is 12.6. The van der Waals surface area contributed by atoms with Crippen LogP contribution in [0.25, 0.3) is 0 Å². The quantitative estimate of drug-likeness (QED) is 0.324. The highest BCUT2D eigenvalue weighted by atomic mass is 31.2. The summed E-state index contributed by atoms with van der Waals surface area (Å²) in [5.74, 6) is -0.907. The van der Waals surface area contributed by atoms with Crippen molar-refractivity contribution in [2.75, 3.05) is 19.8 Å². The predicted octanol–water partition coefficient (Wildman–Crippen LogP) is 2.21. The molecule has 7 heteroatoms. The van der Waals surface area contributed by atoms with Gasteiger partial charge in [-0.3, -0.25) is 4.57 Å². The van der Waals surface area contributed by atoms with Crippen molar-refractivity contribution in [1.29, 1.82) is 0 Å². The summed E-state index contributed by atoms with van der Waals surface area (Å²) in [6.45, 7) is 5.09. The molecule has 0 fully saturated rings. The molecule has 0 spiro atoms. The number of esters is 1. The van der Waals surface area contributed by atoms with Gasteiger partial charge in [-0.2, -0.15) is 0 Å². The Balaban J connectivity index is 5.01. The predicted molar refractivity (Wildman–Crippen MR) is 58.2 cm³/mol. The Hall–Kier alpha value is -0.840. The van der Waals surface area contributed by atoms with Crippen LogP contribution in [0.15, 0.2) is 11.6 Å². The molecule has 0 radical (unpaired) electrons. The second-order valence-electron chi connectivity index (χ2n) is 2.57. The fourth-order valence-corrected chi connectivity index (χ4v) is 2.42. The topological polar surface area (TPSA) is 82.1 Å². The van der Waals surface area contributed by atoms with Crippen molar-refractivity contribution >= 4 is 13.6 Å². The Kier molecular flexibility index (Phi) is 7.05. The monoisotopic (exact) mass is 252 g/mol. The third-order valence-electron chi connectivity index (χ3n) is 1.50. The van der Waals surface area contributed by atoms with Crippen molar-refractivity contribution in [2.45, 2.75) is 20.8 Å². The highest BCUT2D eigenvalue weighted by Gasteiger charge is 2.36. The van der Waals surface area contributed by atoms with Crippen molar-refractivity contribution in [1.82, 2.24) is 0 Å². The number of ether oxygens (including phenoxy) is 1. The van der Waals surface area contributed by atoms with Crippen molar-refractivity contribution in [3.8, 4) is 0 Å². The van der Waals surface area contributed by atoms with Gasteiger partial charge in [0.15, 0.2) is 5.31 Å². The van der Waals surface area contributed by atoms with Gasteiger partial charge in [0.1, 0.15) is 6.26 Å². The average Bonchev–Trinajstić information content (AvgIpc) is 2.19. The Bertz CT molecular complexity index is 288. The summed E-state index contributed by atoms with van der Waals surface area (Å²) in [5, 5.41) is 8.43. The summed E-state index contributed by atoms with van der Waals surface area (Å²) >= 11 is 0. The van der Waals surface area contributed by atoms with Gasteiger partial charge in [-0.05, 0) is 20.8 Å². The minimum absolute atomic E-state index is 0.0913. The van der Waals surface area contributed by atoms with Crippen LogP contribution in [-0.2, 0) is 23.1 Å². The van der Waals surface area contributed by atoms with Crippen LogP contribution in [0.1, 0.15) is 20.8 Å². The highest BCUT2D eigenvalue weighted by molar-refractivity contribution is 7.59. The number of aliphatic hydroxyl groups excluding tert-OH is 1. The number of aliphatic hydroxyl groups is 1. The van der Waals surface area contributed by atoms with E-state index in [1.54, 1.807) is 20.8 Å². The summed E-state index contributed by atoms with van der Waals surface area (Å²) < 4.78 is 26.5. The summed E-state index contributed by atoms with van der Waals surface area (Å²) in [6, 6.07) is 0. The first-order chi connectivity index (χ1) is 7.55. The Morgan fingerprint density at radius 1 is 1.19 bits per heavy atom. The molecule has 0 unspecified atom stereocenters. The number of carbonyl (C=O) groups is 1. The van der Waals surface area contributed by atoms with Crippen molar-refractivity contribution in [3.63, 3.8) is 0 Å². The van der Waals surface area contributed by atoms with Crippen LogP contribution in [0.4, 0.5) is 0 Å². The van der Waals surface area contributed by atoms with Crippen molar-refractivity contribution < 1.29 is 28.3 Å². The van der Waals surface area contributed by atoms with E-state index in [2.05, 4.69) is 4.74 Å². The molecule has 0 aromatic carbocycles. The van der Waals surface area contributed by atoms with Gasteiger partial charge in [-0.25, -0.2) is 4.79 Å². The molecule has 0 aliphatic rings. The van der Waals surface area contributed by atoms with Crippen LogP contribution < -0.4 is 0 Å². The van der Waals surface area contributed by atoms with E-state index in [0.717, 1.165) is 0 Å². The molecule has 0 bridgehead atoms. The highest BCUT2D eigenvalue weighted by Crippen LogP contribution is 2.56. The molecule has 94 valence electrons. The largest absolute Gasteiger partial charge is 0.514 e. The third-order valence-corrected chi connectivity index (χ3v) is 3.58. The molecule has 0 aromatic heterocycles. The van der Waals surface area contributed by atoms with Gasteiger partial charge in [-0.15, -0.1) is 0 Å². The summed E-state index contributed by atoms with van der Waals surface area (Å²) in [5.41, 5.74) is 0. The first-order valence-corrected chi connectivity index (χ1v) is 6.51. The van der Waals surface area contributed by atoms with Gasteiger partial charge in [0, 0.05) is 0 Å².